The molecule has 13 heteroatoms. The summed E-state index contributed by atoms with van der Waals surface area (Å²) in [6.07, 6.45) is 2.48. The van der Waals surface area contributed by atoms with E-state index in [0.29, 0.717) is 53.5 Å². The molecular weight excluding hydrogens is 472 g/mol. The molecule has 2 aromatic heterocycles. The Labute approximate surface area is 197 Å². The van der Waals surface area contributed by atoms with E-state index in [1.807, 2.05) is 0 Å². The molecule has 0 radical (unpaired) electrons. The van der Waals surface area contributed by atoms with E-state index in [9.17, 15) is 9.59 Å². The average molecular weight is 491 g/mol. The summed E-state index contributed by atoms with van der Waals surface area (Å²) in [6.45, 7) is 0.737. The van der Waals surface area contributed by atoms with Gasteiger partial charge in [0.2, 0.25) is 11.0 Å². The molecule has 1 amide bonds. The molecule has 0 bridgehead atoms. The number of piperidine rings is 1. The molecule has 3 heterocycles. The zero-order valence-corrected chi connectivity index (χ0v) is 18.8. The Bertz CT molecular complexity index is 1100. The standard InChI is InChI=1S/C20H19ClN6O5S/c21-13-1-6-17(22-11-13)31-14-2-4-15(5-3-14)32-20(30)26-9-7-16(8-10-26)33-19-23-24-25-27(19)12-18(28)29/h1-6,11,16H,7-10,12H2,(H,28,29). The number of likely N-dealkylation sites (tertiary alicyclic amines) is 1. The Morgan fingerprint density at radius 1 is 1.12 bits per heavy atom. The summed E-state index contributed by atoms with van der Waals surface area (Å²) in [5.41, 5.74) is 0. The maximum absolute atomic E-state index is 12.5. The fourth-order valence-corrected chi connectivity index (χ4v) is 4.26. The summed E-state index contributed by atoms with van der Waals surface area (Å²) in [6, 6.07) is 10.00. The Kier molecular flexibility index (Phi) is 7.25. The van der Waals surface area contributed by atoms with Gasteiger partial charge >= 0.3 is 12.1 Å². The van der Waals surface area contributed by atoms with Gasteiger partial charge in [-0.25, -0.2) is 14.5 Å². The third kappa shape index (κ3) is 6.33. The van der Waals surface area contributed by atoms with Crippen molar-refractivity contribution in [2.45, 2.75) is 29.8 Å². The third-order valence-electron chi connectivity index (χ3n) is 4.71. The van der Waals surface area contributed by atoms with Crippen molar-refractivity contribution in [3.63, 3.8) is 0 Å². The first-order chi connectivity index (χ1) is 16.0. The number of carbonyl (C=O) groups excluding carboxylic acids is 1. The predicted molar refractivity (Wildman–Crippen MR) is 118 cm³/mol. The largest absolute Gasteiger partial charge is 0.480 e. The van der Waals surface area contributed by atoms with Crippen LogP contribution in [0.4, 0.5) is 4.79 Å². The number of thioether (sulfide) groups is 1. The highest BCUT2D eigenvalue weighted by Crippen LogP contribution is 2.29. The van der Waals surface area contributed by atoms with Crippen LogP contribution in [0.25, 0.3) is 0 Å². The lowest BCUT2D eigenvalue weighted by atomic mass is 10.1. The molecular formula is C20H19ClN6O5S. The molecule has 11 nitrogen and oxygen atoms in total. The van der Waals surface area contributed by atoms with Gasteiger partial charge in [-0.1, -0.05) is 23.4 Å². The number of nitrogens with zero attached hydrogens (tertiary/aromatic N) is 6. The van der Waals surface area contributed by atoms with Crippen molar-refractivity contribution in [1.82, 2.24) is 30.1 Å². The van der Waals surface area contributed by atoms with Gasteiger partial charge in [-0.2, -0.15) is 0 Å². The highest BCUT2D eigenvalue weighted by atomic mass is 35.5. The molecule has 0 unspecified atom stereocenters. The van der Waals surface area contributed by atoms with Crippen LogP contribution in [0.3, 0.4) is 0 Å². The molecule has 0 saturated carbocycles. The maximum atomic E-state index is 12.5. The van der Waals surface area contributed by atoms with Crippen LogP contribution in [0.15, 0.2) is 47.8 Å². The topological polar surface area (TPSA) is 133 Å². The summed E-state index contributed by atoms with van der Waals surface area (Å²) in [4.78, 5) is 29.1. The molecule has 0 atom stereocenters. The van der Waals surface area contributed by atoms with Gasteiger partial charge < -0.3 is 19.5 Å². The number of tetrazole rings is 1. The normalized spacial score (nSPS) is 14.2. The lowest BCUT2D eigenvalue weighted by molar-refractivity contribution is -0.138. The zero-order valence-electron chi connectivity index (χ0n) is 17.2. The van der Waals surface area contributed by atoms with Crippen LogP contribution < -0.4 is 9.47 Å². The summed E-state index contributed by atoms with van der Waals surface area (Å²) in [5.74, 6) is 0.346. The van der Waals surface area contributed by atoms with Crippen molar-refractivity contribution in [1.29, 1.82) is 0 Å². The second kappa shape index (κ2) is 10.5. The van der Waals surface area contributed by atoms with Gasteiger partial charge in [-0.05, 0) is 53.6 Å². The Hall–Kier alpha value is -3.38. The van der Waals surface area contributed by atoms with Gasteiger partial charge in [0.15, 0.2) is 0 Å². The molecule has 1 aliphatic rings. The van der Waals surface area contributed by atoms with Crippen molar-refractivity contribution in [3.05, 3.63) is 47.6 Å². The molecule has 1 saturated heterocycles. The first-order valence-corrected chi connectivity index (χ1v) is 11.2. The minimum atomic E-state index is -1.01. The number of carboxylic acid groups (broad SMARTS) is 1. The second-order valence-corrected chi connectivity index (χ2v) is 8.78. The second-order valence-electron chi connectivity index (χ2n) is 7.07. The monoisotopic (exact) mass is 490 g/mol. The smallest absolute Gasteiger partial charge is 0.415 e. The van der Waals surface area contributed by atoms with E-state index in [0.717, 1.165) is 0 Å². The molecule has 3 aromatic rings. The number of aromatic nitrogens is 5. The third-order valence-corrected chi connectivity index (χ3v) is 6.24. The number of aliphatic carboxylic acids is 1. The van der Waals surface area contributed by atoms with Crippen LogP contribution >= 0.6 is 23.4 Å². The van der Waals surface area contributed by atoms with E-state index in [-0.39, 0.29) is 11.8 Å². The lowest BCUT2D eigenvalue weighted by Gasteiger charge is -2.30. The summed E-state index contributed by atoms with van der Waals surface area (Å²) in [5, 5.41) is 21.2. The number of hydrogen-bond acceptors (Lipinski definition) is 9. The van der Waals surface area contributed by atoms with Crippen molar-refractivity contribution in [3.8, 4) is 17.4 Å². The SMILES string of the molecule is O=C(O)Cn1nnnc1SC1CCN(C(=O)Oc2ccc(Oc3ccc(Cl)cn3)cc2)CC1. The van der Waals surface area contributed by atoms with Gasteiger partial charge in [0.1, 0.15) is 18.0 Å². The van der Waals surface area contributed by atoms with Crippen LogP contribution in [0.1, 0.15) is 12.8 Å². The number of benzene rings is 1. The van der Waals surface area contributed by atoms with Crippen LogP contribution in [0.5, 0.6) is 17.4 Å². The molecule has 4 rings (SSSR count). The van der Waals surface area contributed by atoms with E-state index in [4.69, 9.17) is 26.2 Å². The molecule has 1 N–H and O–H groups in total. The summed E-state index contributed by atoms with van der Waals surface area (Å²) >= 11 is 7.23. The molecule has 0 aliphatic carbocycles. The minimum Gasteiger partial charge on any atom is -0.480 e. The van der Waals surface area contributed by atoms with Gasteiger partial charge in [0.25, 0.3) is 0 Å². The average Bonchev–Trinajstić information content (AvgIpc) is 3.23. The number of carboxylic acids is 1. The number of pyridine rings is 1. The predicted octanol–water partition coefficient (Wildman–Crippen LogP) is 3.35. The number of carbonyl (C=O) groups is 2. The van der Waals surface area contributed by atoms with E-state index in [1.54, 1.807) is 41.3 Å². The van der Waals surface area contributed by atoms with E-state index < -0.39 is 12.1 Å². The van der Waals surface area contributed by atoms with Crippen LogP contribution in [0, 0.1) is 0 Å². The quantitative estimate of drug-likeness (QED) is 0.525. The van der Waals surface area contributed by atoms with Crippen LogP contribution in [0.2, 0.25) is 5.02 Å². The Balaban J connectivity index is 1.25. The zero-order chi connectivity index (χ0) is 23.2. The molecule has 0 spiro atoms. The number of halogens is 1. The lowest BCUT2D eigenvalue weighted by Crippen LogP contribution is -2.41. The number of rotatable bonds is 7. The summed E-state index contributed by atoms with van der Waals surface area (Å²) in [7, 11) is 0. The highest BCUT2D eigenvalue weighted by molar-refractivity contribution is 7.99. The number of ether oxygens (including phenoxy) is 2. The van der Waals surface area contributed by atoms with Crippen LogP contribution in [-0.4, -0.2) is 65.6 Å². The van der Waals surface area contributed by atoms with Gasteiger partial charge in [-0.15, -0.1) is 5.10 Å². The molecule has 1 aromatic carbocycles. The van der Waals surface area contributed by atoms with Crippen molar-refractivity contribution in [2.24, 2.45) is 0 Å². The Morgan fingerprint density at radius 2 is 1.85 bits per heavy atom. The minimum absolute atomic E-state index is 0.172. The molecule has 33 heavy (non-hydrogen) atoms. The van der Waals surface area contributed by atoms with Gasteiger partial charge in [0.05, 0.1) is 5.02 Å². The maximum Gasteiger partial charge on any atom is 0.415 e. The first kappa shape index (κ1) is 22.8. The van der Waals surface area contributed by atoms with E-state index in [2.05, 4.69) is 20.5 Å². The van der Waals surface area contributed by atoms with E-state index in [1.165, 1.54) is 22.6 Å². The molecule has 1 fully saturated rings. The van der Waals surface area contributed by atoms with Crippen molar-refractivity contribution < 1.29 is 24.2 Å². The summed E-state index contributed by atoms with van der Waals surface area (Å²) < 4.78 is 12.3. The Morgan fingerprint density at radius 3 is 2.52 bits per heavy atom. The van der Waals surface area contributed by atoms with Crippen molar-refractivity contribution in [2.75, 3.05) is 13.1 Å². The first-order valence-electron chi connectivity index (χ1n) is 9.97. The fourth-order valence-electron chi connectivity index (χ4n) is 3.10. The fraction of sp³-hybridized carbons (Fsp3) is 0.300. The van der Waals surface area contributed by atoms with Crippen molar-refractivity contribution >= 4 is 35.4 Å². The molecule has 1 aliphatic heterocycles. The van der Waals surface area contributed by atoms with Gasteiger partial charge in [0, 0.05) is 30.6 Å². The van der Waals surface area contributed by atoms with Gasteiger partial charge in [-0.3, -0.25) is 4.79 Å². The number of amides is 1. The number of hydrogen-bond donors (Lipinski definition) is 1. The van der Waals surface area contributed by atoms with Crippen LogP contribution in [-0.2, 0) is 11.3 Å². The molecule has 172 valence electrons. The highest BCUT2D eigenvalue weighted by Gasteiger charge is 2.26. The van der Waals surface area contributed by atoms with E-state index >= 15 is 0 Å².